The molecule has 23 heavy (non-hydrogen) atoms. The second kappa shape index (κ2) is 7.15. The van der Waals surface area contributed by atoms with Gasteiger partial charge in [-0.25, -0.2) is 4.79 Å². The van der Waals surface area contributed by atoms with E-state index in [1.165, 1.54) is 0 Å². The number of rotatable bonds is 6. The number of aromatic nitrogens is 2. The highest BCUT2D eigenvalue weighted by atomic mass is 16.4. The third-order valence-electron chi connectivity index (χ3n) is 4.91. The van der Waals surface area contributed by atoms with Crippen LogP contribution in [0.3, 0.4) is 0 Å². The van der Waals surface area contributed by atoms with E-state index in [0.717, 1.165) is 37.8 Å². The van der Waals surface area contributed by atoms with Gasteiger partial charge in [-0.2, -0.15) is 5.10 Å². The Kier molecular flexibility index (Phi) is 5.44. The Bertz CT molecular complexity index is 570. The van der Waals surface area contributed by atoms with Crippen LogP contribution in [-0.2, 0) is 4.79 Å². The molecule has 1 aliphatic rings. The highest BCUT2D eigenvalue weighted by Gasteiger charge is 2.41. The monoisotopic (exact) mass is 321 g/mol. The van der Waals surface area contributed by atoms with Crippen LogP contribution in [0.25, 0.3) is 0 Å². The lowest BCUT2D eigenvalue weighted by molar-refractivity contribution is -0.145. The maximum absolute atomic E-state index is 12.5. The summed E-state index contributed by atoms with van der Waals surface area (Å²) >= 11 is 0. The summed E-state index contributed by atoms with van der Waals surface area (Å²) in [6.45, 7) is 6.11. The predicted octanol–water partition coefficient (Wildman–Crippen LogP) is 3.07. The Morgan fingerprint density at radius 1 is 1.30 bits per heavy atom. The van der Waals surface area contributed by atoms with Crippen LogP contribution >= 0.6 is 0 Å². The Labute approximate surface area is 137 Å². The van der Waals surface area contributed by atoms with Gasteiger partial charge in [-0.1, -0.05) is 33.1 Å². The zero-order valence-electron chi connectivity index (χ0n) is 14.3. The summed E-state index contributed by atoms with van der Waals surface area (Å²) in [7, 11) is 0. The van der Waals surface area contributed by atoms with E-state index in [0.29, 0.717) is 18.5 Å². The average molecular weight is 321 g/mol. The van der Waals surface area contributed by atoms with Crippen LogP contribution in [0.1, 0.15) is 81.0 Å². The molecule has 2 rings (SSSR count). The first-order valence-electron chi connectivity index (χ1n) is 8.55. The molecule has 0 radical (unpaired) electrons. The van der Waals surface area contributed by atoms with Gasteiger partial charge in [0, 0.05) is 5.69 Å². The van der Waals surface area contributed by atoms with Crippen LogP contribution in [0.2, 0.25) is 0 Å². The highest BCUT2D eigenvalue weighted by Crippen LogP contribution is 2.29. The number of aliphatic carboxylic acids is 1. The fourth-order valence-corrected chi connectivity index (χ4v) is 3.43. The maximum Gasteiger partial charge on any atom is 0.329 e. The second-order valence-electron chi connectivity index (χ2n) is 6.49. The standard InChI is InChI=1S/C17H27N3O3/c1-4-13(5-2)20-12(3)11-14(19-20)15(21)18-17(16(22)23)9-7-6-8-10-17/h11,13H,4-10H2,1-3H3,(H,18,21)(H,22,23). The van der Waals surface area contributed by atoms with Gasteiger partial charge >= 0.3 is 5.97 Å². The Balaban J connectivity index is 2.20. The first-order chi connectivity index (χ1) is 10.9. The van der Waals surface area contributed by atoms with E-state index in [4.69, 9.17) is 0 Å². The molecule has 6 nitrogen and oxygen atoms in total. The lowest BCUT2D eigenvalue weighted by Crippen LogP contribution is -2.55. The summed E-state index contributed by atoms with van der Waals surface area (Å²) in [5.41, 5.74) is 0.0968. The van der Waals surface area contributed by atoms with Gasteiger partial charge in [0.1, 0.15) is 11.2 Å². The molecule has 0 aromatic carbocycles. The average Bonchev–Trinajstić information content (AvgIpc) is 2.91. The van der Waals surface area contributed by atoms with Crippen molar-refractivity contribution in [2.24, 2.45) is 0 Å². The largest absolute Gasteiger partial charge is 0.480 e. The summed E-state index contributed by atoms with van der Waals surface area (Å²) < 4.78 is 1.88. The van der Waals surface area contributed by atoms with Crippen molar-refractivity contribution >= 4 is 11.9 Å². The van der Waals surface area contributed by atoms with Gasteiger partial charge < -0.3 is 10.4 Å². The number of hydrogen-bond acceptors (Lipinski definition) is 3. The molecule has 1 aliphatic carbocycles. The van der Waals surface area contributed by atoms with Crippen LogP contribution < -0.4 is 5.32 Å². The third-order valence-corrected chi connectivity index (χ3v) is 4.91. The van der Waals surface area contributed by atoms with E-state index in [-0.39, 0.29) is 11.9 Å². The molecule has 0 atom stereocenters. The fourth-order valence-electron chi connectivity index (χ4n) is 3.43. The van der Waals surface area contributed by atoms with E-state index >= 15 is 0 Å². The van der Waals surface area contributed by atoms with Gasteiger partial charge in [-0.05, 0) is 38.7 Å². The minimum Gasteiger partial charge on any atom is -0.480 e. The number of carboxylic acids is 1. The molecule has 2 N–H and O–H groups in total. The number of carbonyl (C=O) groups is 2. The zero-order chi connectivity index (χ0) is 17.0. The van der Waals surface area contributed by atoms with E-state index in [1.807, 2.05) is 11.6 Å². The molecule has 6 heteroatoms. The minimum absolute atomic E-state index is 0.264. The molecule has 1 amide bonds. The molecule has 1 aromatic rings. The van der Waals surface area contributed by atoms with Crippen molar-refractivity contribution in [2.45, 2.75) is 77.3 Å². The molecule has 128 valence electrons. The number of aryl methyl sites for hydroxylation is 1. The summed E-state index contributed by atoms with van der Waals surface area (Å²) in [6.07, 6.45) is 5.54. The van der Waals surface area contributed by atoms with E-state index in [1.54, 1.807) is 6.07 Å². The number of amides is 1. The number of nitrogens with one attached hydrogen (secondary N) is 1. The van der Waals surface area contributed by atoms with Crippen molar-refractivity contribution in [1.82, 2.24) is 15.1 Å². The van der Waals surface area contributed by atoms with E-state index in [9.17, 15) is 14.7 Å². The summed E-state index contributed by atoms with van der Waals surface area (Å²) in [4.78, 5) is 24.2. The van der Waals surface area contributed by atoms with Gasteiger partial charge in [0.05, 0.1) is 6.04 Å². The van der Waals surface area contributed by atoms with Gasteiger partial charge in [-0.15, -0.1) is 0 Å². The Hall–Kier alpha value is -1.85. The lowest BCUT2D eigenvalue weighted by atomic mass is 9.81. The molecule has 0 aliphatic heterocycles. The van der Waals surface area contributed by atoms with Crippen molar-refractivity contribution in [3.05, 3.63) is 17.5 Å². The SMILES string of the molecule is CCC(CC)n1nc(C(=O)NC2(C(=O)O)CCCCC2)cc1C. The van der Waals surface area contributed by atoms with Crippen LogP contribution in [-0.4, -0.2) is 32.3 Å². The molecule has 1 saturated carbocycles. The quantitative estimate of drug-likeness (QED) is 0.843. The van der Waals surface area contributed by atoms with Crippen LogP contribution in [0.15, 0.2) is 6.07 Å². The first-order valence-corrected chi connectivity index (χ1v) is 8.55. The van der Waals surface area contributed by atoms with Crippen molar-refractivity contribution < 1.29 is 14.7 Å². The smallest absolute Gasteiger partial charge is 0.329 e. The molecule has 0 spiro atoms. The van der Waals surface area contributed by atoms with Crippen molar-refractivity contribution in [1.29, 1.82) is 0 Å². The summed E-state index contributed by atoms with van der Waals surface area (Å²) in [6, 6.07) is 2.01. The third kappa shape index (κ3) is 3.57. The molecule has 1 heterocycles. The van der Waals surface area contributed by atoms with Gasteiger partial charge in [-0.3, -0.25) is 9.48 Å². The highest BCUT2D eigenvalue weighted by molar-refractivity contribution is 5.96. The normalized spacial score (nSPS) is 17.2. The topological polar surface area (TPSA) is 84.2 Å². The fraction of sp³-hybridized carbons (Fsp3) is 0.706. The van der Waals surface area contributed by atoms with E-state index in [2.05, 4.69) is 24.3 Å². The van der Waals surface area contributed by atoms with Crippen molar-refractivity contribution in [2.75, 3.05) is 0 Å². The van der Waals surface area contributed by atoms with Gasteiger partial charge in [0.15, 0.2) is 0 Å². The second-order valence-corrected chi connectivity index (χ2v) is 6.49. The predicted molar refractivity (Wildman–Crippen MR) is 87.5 cm³/mol. The number of nitrogens with zero attached hydrogens (tertiary/aromatic N) is 2. The maximum atomic E-state index is 12.5. The molecule has 0 unspecified atom stereocenters. The first kappa shape index (κ1) is 17.5. The number of hydrogen-bond donors (Lipinski definition) is 2. The molecule has 1 aromatic heterocycles. The summed E-state index contributed by atoms with van der Waals surface area (Å²) in [5.74, 6) is -1.33. The Morgan fingerprint density at radius 3 is 2.43 bits per heavy atom. The van der Waals surface area contributed by atoms with E-state index < -0.39 is 11.5 Å². The lowest BCUT2D eigenvalue weighted by Gasteiger charge is -2.33. The van der Waals surface area contributed by atoms with Crippen LogP contribution in [0.5, 0.6) is 0 Å². The molecular formula is C17H27N3O3. The Morgan fingerprint density at radius 2 is 1.91 bits per heavy atom. The van der Waals surface area contributed by atoms with Gasteiger partial charge in [0.25, 0.3) is 5.91 Å². The van der Waals surface area contributed by atoms with Crippen LogP contribution in [0.4, 0.5) is 0 Å². The van der Waals surface area contributed by atoms with Crippen molar-refractivity contribution in [3.8, 4) is 0 Å². The zero-order valence-corrected chi connectivity index (χ0v) is 14.3. The van der Waals surface area contributed by atoms with Crippen molar-refractivity contribution in [3.63, 3.8) is 0 Å². The molecule has 0 saturated heterocycles. The minimum atomic E-state index is -1.14. The van der Waals surface area contributed by atoms with Gasteiger partial charge in [0.2, 0.25) is 0 Å². The van der Waals surface area contributed by atoms with Crippen LogP contribution in [0, 0.1) is 6.92 Å². The molecule has 1 fully saturated rings. The number of carbonyl (C=O) groups excluding carboxylic acids is 1. The molecule has 0 bridgehead atoms. The summed E-state index contributed by atoms with van der Waals surface area (Å²) in [5, 5.41) is 16.7. The molecular weight excluding hydrogens is 294 g/mol. The number of carboxylic acid groups (broad SMARTS) is 1.